The summed E-state index contributed by atoms with van der Waals surface area (Å²) in [7, 11) is 0. The van der Waals surface area contributed by atoms with Gasteiger partial charge >= 0.3 is 0 Å². The molecule has 0 heterocycles. The normalized spacial score (nSPS) is 16.8. The van der Waals surface area contributed by atoms with Gasteiger partial charge in [0.15, 0.2) is 5.67 Å². The summed E-state index contributed by atoms with van der Waals surface area (Å²) in [5, 5.41) is 11.4. The molecule has 0 spiro atoms. The van der Waals surface area contributed by atoms with Gasteiger partial charge in [0.1, 0.15) is 0 Å². The molecule has 0 bridgehead atoms. The molecule has 4 heteroatoms. The van der Waals surface area contributed by atoms with E-state index in [1.54, 1.807) is 6.92 Å². The highest BCUT2D eigenvalue weighted by molar-refractivity contribution is 5.84. The van der Waals surface area contributed by atoms with Crippen molar-refractivity contribution in [1.29, 1.82) is 0 Å². The van der Waals surface area contributed by atoms with Crippen LogP contribution in [0.25, 0.3) is 0 Å². The number of halogens is 1. The standard InChI is InChI=1S/C8H16FNO2/c1-5(6(2)11)10-7(12)8(3,4)9/h5-6,11H,1-4H3,(H,10,12). The minimum atomic E-state index is -1.89. The van der Waals surface area contributed by atoms with Gasteiger partial charge in [0.25, 0.3) is 5.91 Å². The highest BCUT2D eigenvalue weighted by Crippen LogP contribution is 2.08. The lowest BCUT2D eigenvalue weighted by Crippen LogP contribution is -2.47. The van der Waals surface area contributed by atoms with Gasteiger partial charge in [-0.1, -0.05) is 0 Å². The van der Waals surface area contributed by atoms with Crippen molar-refractivity contribution in [2.75, 3.05) is 0 Å². The Labute approximate surface area is 72.0 Å². The molecule has 72 valence electrons. The average Bonchev–Trinajstić information content (AvgIpc) is 1.85. The van der Waals surface area contributed by atoms with Crippen LogP contribution in [0.3, 0.4) is 0 Å². The lowest BCUT2D eigenvalue weighted by molar-refractivity contribution is -0.132. The summed E-state index contributed by atoms with van der Waals surface area (Å²) >= 11 is 0. The van der Waals surface area contributed by atoms with Crippen molar-refractivity contribution in [2.24, 2.45) is 0 Å². The summed E-state index contributed by atoms with van der Waals surface area (Å²) in [6.07, 6.45) is -0.670. The number of nitrogens with one attached hydrogen (secondary N) is 1. The Morgan fingerprint density at radius 1 is 1.50 bits per heavy atom. The van der Waals surface area contributed by atoms with Gasteiger partial charge in [-0.15, -0.1) is 0 Å². The van der Waals surface area contributed by atoms with Gasteiger partial charge in [-0.2, -0.15) is 0 Å². The Morgan fingerprint density at radius 2 is 1.92 bits per heavy atom. The maximum absolute atomic E-state index is 12.9. The maximum Gasteiger partial charge on any atom is 0.257 e. The van der Waals surface area contributed by atoms with E-state index in [0.29, 0.717) is 0 Å². The number of carbonyl (C=O) groups is 1. The Balaban J connectivity index is 4.02. The number of amides is 1. The molecular weight excluding hydrogens is 161 g/mol. The number of hydrogen-bond donors (Lipinski definition) is 2. The Bertz CT molecular complexity index is 163. The zero-order valence-corrected chi connectivity index (χ0v) is 7.89. The summed E-state index contributed by atoms with van der Waals surface area (Å²) < 4.78 is 12.9. The van der Waals surface area contributed by atoms with Crippen molar-refractivity contribution in [2.45, 2.75) is 45.5 Å². The first-order valence-corrected chi connectivity index (χ1v) is 3.93. The number of alkyl halides is 1. The first kappa shape index (κ1) is 11.4. The van der Waals surface area contributed by atoms with Crippen molar-refractivity contribution >= 4 is 5.91 Å². The van der Waals surface area contributed by atoms with Crippen LogP contribution in [0.15, 0.2) is 0 Å². The predicted molar refractivity (Wildman–Crippen MR) is 44.5 cm³/mol. The van der Waals surface area contributed by atoms with Crippen molar-refractivity contribution in [1.82, 2.24) is 5.32 Å². The summed E-state index contributed by atoms with van der Waals surface area (Å²) in [5.74, 6) is -0.698. The van der Waals surface area contributed by atoms with E-state index in [1.165, 1.54) is 20.8 Å². The van der Waals surface area contributed by atoms with Gasteiger partial charge in [0, 0.05) is 0 Å². The molecule has 1 amide bonds. The SMILES string of the molecule is CC(O)C(C)NC(=O)C(C)(C)F. The monoisotopic (exact) mass is 177 g/mol. The molecule has 0 aliphatic heterocycles. The molecule has 0 fully saturated rings. The van der Waals surface area contributed by atoms with E-state index in [4.69, 9.17) is 5.11 Å². The van der Waals surface area contributed by atoms with Crippen LogP contribution in [-0.2, 0) is 4.79 Å². The summed E-state index contributed by atoms with van der Waals surface area (Å²) in [4.78, 5) is 11.0. The van der Waals surface area contributed by atoms with Crippen LogP contribution in [0, 0.1) is 0 Å². The fourth-order valence-corrected chi connectivity index (χ4v) is 0.499. The Hall–Kier alpha value is -0.640. The lowest BCUT2D eigenvalue weighted by Gasteiger charge is -2.20. The molecule has 0 saturated carbocycles. The molecule has 0 aromatic carbocycles. The summed E-state index contributed by atoms with van der Waals surface area (Å²) in [5.41, 5.74) is -1.89. The Morgan fingerprint density at radius 3 is 2.17 bits per heavy atom. The van der Waals surface area contributed by atoms with Crippen molar-refractivity contribution in [3.63, 3.8) is 0 Å². The van der Waals surface area contributed by atoms with E-state index in [2.05, 4.69) is 5.32 Å². The van der Waals surface area contributed by atoms with Crippen molar-refractivity contribution in [3.8, 4) is 0 Å². The lowest BCUT2D eigenvalue weighted by atomic mass is 10.1. The molecule has 0 aliphatic carbocycles. The quantitative estimate of drug-likeness (QED) is 0.664. The first-order chi connectivity index (χ1) is 5.25. The van der Waals surface area contributed by atoms with Gasteiger partial charge in [-0.05, 0) is 27.7 Å². The second kappa shape index (κ2) is 3.85. The van der Waals surface area contributed by atoms with Gasteiger partial charge in [-0.3, -0.25) is 4.79 Å². The van der Waals surface area contributed by atoms with E-state index < -0.39 is 23.7 Å². The van der Waals surface area contributed by atoms with Crippen LogP contribution in [0.1, 0.15) is 27.7 Å². The number of rotatable bonds is 3. The second-order valence-corrected chi connectivity index (χ2v) is 3.48. The fourth-order valence-electron chi connectivity index (χ4n) is 0.499. The number of aliphatic hydroxyl groups excluding tert-OH is 1. The molecule has 2 N–H and O–H groups in total. The summed E-state index contributed by atoms with van der Waals surface area (Å²) in [6, 6.07) is -0.424. The molecule has 12 heavy (non-hydrogen) atoms. The van der Waals surface area contributed by atoms with E-state index in [9.17, 15) is 9.18 Å². The molecule has 0 saturated heterocycles. The van der Waals surface area contributed by atoms with Crippen LogP contribution >= 0.6 is 0 Å². The van der Waals surface area contributed by atoms with E-state index >= 15 is 0 Å². The molecule has 0 radical (unpaired) electrons. The third-order valence-corrected chi connectivity index (χ3v) is 1.62. The molecule has 0 aromatic rings. The molecule has 0 aromatic heterocycles. The van der Waals surface area contributed by atoms with Crippen LogP contribution < -0.4 is 5.32 Å². The molecule has 3 nitrogen and oxygen atoms in total. The first-order valence-electron chi connectivity index (χ1n) is 3.93. The Kier molecular flexibility index (Phi) is 3.64. The summed E-state index contributed by atoms with van der Waals surface area (Å²) in [6.45, 7) is 5.51. The number of hydrogen-bond acceptors (Lipinski definition) is 2. The van der Waals surface area contributed by atoms with Gasteiger partial charge < -0.3 is 10.4 Å². The molecule has 0 rings (SSSR count). The zero-order valence-electron chi connectivity index (χ0n) is 7.89. The fraction of sp³-hybridized carbons (Fsp3) is 0.875. The van der Waals surface area contributed by atoms with Crippen LogP contribution in [0.5, 0.6) is 0 Å². The number of carbonyl (C=O) groups excluding carboxylic acids is 1. The molecule has 0 aliphatic rings. The van der Waals surface area contributed by atoms with Crippen molar-refractivity contribution in [3.05, 3.63) is 0 Å². The molecular formula is C8H16FNO2. The van der Waals surface area contributed by atoms with E-state index in [1.807, 2.05) is 0 Å². The third-order valence-electron chi connectivity index (χ3n) is 1.62. The highest BCUT2D eigenvalue weighted by Gasteiger charge is 2.28. The number of aliphatic hydroxyl groups is 1. The predicted octanol–water partition coefficient (Wildman–Crippen LogP) is 0.620. The van der Waals surface area contributed by atoms with Crippen LogP contribution in [0.2, 0.25) is 0 Å². The van der Waals surface area contributed by atoms with Crippen LogP contribution in [-0.4, -0.2) is 28.8 Å². The van der Waals surface area contributed by atoms with Gasteiger partial charge in [0.05, 0.1) is 12.1 Å². The third kappa shape index (κ3) is 3.67. The van der Waals surface area contributed by atoms with Gasteiger partial charge in [-0.25, -0.2) is 4.39 Å². The van der Waals surface area contributed by atoms with Crippen molar-refractivity contribution < 1.29 is 14.3 Å². The topological polar surface area (TPSA) is 49.3 Å². The zero-order chi connectivity index (χ0) is 9.94. The minimum Gasteiger partial charge on any atom is -0.391 e. The van der Waals surface area contributed by atoms with Crippen LogP contribution in [0.4, 0.5) is 4.39 Å². The minimum absolute atomic E-state index is 0.424. The second-order valence-electron chi connectivity index (χ2n) is 3.48. The van der Waals surface area contributed by atoms with E-state index in [-0.39, 0.29) is 0 Å². The largest absolute Gasteiger partial charge is 0.391 e. The molecule has 2 atom stereocenters. The van der Waals surface area contributed by atoms with E-state index in [0.717, 1.165) is 0 Å². The smallest absolute Gasteiger partial charge is 0.257 e. The molecule has 2 unspecified atom stereocenters. The maximum atomic E-state index is 12.9. The van der Waals surface area contributed by atoms with Gasteiger partial charge in [0.2, 0.25) is 0 Å². The highest BCUT2D eigenvalue weighted by atomic mass is 19.1. The average molecular weight is 177 g/mol.